The summed E-state index contributed by atoms with van der Waals surface area (Å²) >= 11 is 11.4. The lowest BCUT2D eigenvalue weighted by Crippen LogP contribution is -2.38. The molecule has 1 aliphatic carbocycles. The third-order valence-corrected chi connectivity index (χ3v) is 4.13. The summed E-state index contributed by atoms with van der Waals surface area (Å²) in [6.45, 7) is 0. The van der Waals surface area contributed by atoms with Gasteiger partial charge < -0.3 is 15.4 Å². The molecule has 6 heteroatoms. The fourth-order valence-electron chi connectivity index (χ4n) is 2.46. The van der Waals surface area contributed by atoms with Crippen LogP contribution in [0.3, 0.4) is 0 Å². The van der Waals surface area contributed by atoms with Gasteiger partial charge in [0.05, 0.1) is 23.4 Å². The number of hydrogen-bond acceptors (Lipinski definition) is 3. The van der Waals surface area contributed by atoms with Gasteiger partial charge in [-0.25, -0.2) is 4.79 Å². The SMILES string of the molecule is COC(=O)c1ccc(Cl)c(NC(=S)NC2CCCCC2)c1. The van der Waals surface area contributed by atoms with Gasteiger partial charge in [-0.05, 0) is 43.3 Å². The summed E-state index contributed by atoms with van der Waals surface area (Å²) < 4.78 is 4.70. The number of anilines is 1. The summed E-state index contributed by atoms with van der Waals surface area (Å²) in [5.74, 6) is -0.402. The Kier molecular flexibility index (Phi) is 5.82. The minimum Gasteiger partial charge on any atom is -0.465 e. The Labute approximate surface area is 135 Å². The van der Waals surface area contributed by atoms with Crippen LogP contribution in [0.4, 0.5) is 5.69 Å². The van der Waals surface area contributed by atoms with E-state index in [0.717, 1.165) is 12.8 Å². The average Bonchev–Trinajstić information content (AvgIpc) is 2.49. The molecule has 0 aromatic heterocycles. The Bertz CT molecular complexity index is 530. The summed E-state index contributed by atoms with van der Waals surface area (Å²) in [5.41, 5.74) is 1.04. The quantitative estimate of drug-likeness (QED) is 0.654. The van der Waals surface area contributed by atoms with Crippen LogP contribution in [0.5, 0.6) is 0 Å². The van der Waals surface area contributed by atoms with E-state index in [1.807, 2.05) is 0 Å². The smallest absolute Gasteiger partial charge is 0.337 e. The number of carbonyl (C=O) groups excluding carboxylic acids is 1. The number of methoxy groups -OCH3 is 1. The van der Waals surface area contributed by atoms with Gasteiger partial charge in [0.25, 0.3) is 0 Å². The predicted octanol–water partition coefficient (Wildman–Crippen LogP) is 3.75. The van der Waals surface area contributed by atoms with Gasteiger partial charge in [0, 0.05) is 6.04 Å². The van der Waals surface area contributed by atoms with Crippen LogP contribution in [-0.4, -0.2) is 24.2 Å². The van der Waals surface area contributed by atoms with E-state index in [2.05, 4.69) is 10.6 Å². The van der Waals surface area contributed by atoms with Crippen molar-refractivity contribution in [1.29, 1.82) is 0 Å². The summed E-state index contributed by atoms with van der Waals surface area (Å²) in [4.78, 5) is 11.5. The first-order valence-corrected chi connectivity index (χ1v) is 7.84. The molecule has 0 unspecified atom stereocenters. The Hall–Kier alpha value is -1.33. The van der Waals surface area contributed by atoms with Crippen molar-refractivity contribution in [2.75, 3.05) is 12.4 Å². The number of carbonyl (C=O) groups is 1. The van der Waals surface area contributed by atoms with Crippen molar-refractivity contribution in [3.8, 4) is 0 Å². The van der Waals surface area contributed by atoms with Gasteiger partial charge in [0.2, 0.25) is 0 Å². The maximum atomic E-state index is 11.5. The second-order valence-corrected chi connectivity index (χ2v) is 5.94. The molecule has 0 atom stereocenters. The van der Waals surface area contributed by atoms with E-state index in [4.69, 9.17) is 28.6 Å². The molecule has 1 fully saturated rings. The molecule has 0 heterocycles. The molecule has 114 valence electrons. The van der Waals surface area contributed by atoms with Crippen molar-refractivity contribution >= 4 is 40.6 Å². The molecule has 1 aromatic carbocycles. The Balaban J connectivity index is 2.00. The van der Waals surface area contributed by atoms with E-state index in [9.17, 15) is 4.79 Å². The third kappa shape index (κ3) is 4.58. The number of esters is 1. The van der Waals surface area contributed by atoms with E-state index in [-0.39, 0.29) is 0 Å². The predicted molar refractivity (Wildman–Crippen MR) is 89.0 cm³/mol. The number of hydrogen-bond donors (Lipinski definition) is 2. The molecule has 1 saturated carbocycles. The van der Waals surface area contributed by atoms with Gasteiger partial charge in [-0.3, -0.25) is 0 Å². The van der Waals surface area contributed by atoms with Crippen molar-refractivity contribution in [2.45, 2.75) is 38.1 Å². The van der Waals surface area contributed by atoms with E-state index in [0.29, 0.717) is 27.4 Å². The zero-order valence-corrected chi connectivity index (χ0v) is 13.5. The van der Waals surface area contributed by atoms with Crippen LogP contribution >= 0.6 is 23.8 Å². The van der Waals surface area contributed by atoms with Gasteiger partial charge >= 0.3 is 5.97 Å². The number of thiocarbonyl (C=S) groups is 1. The minimum atomic E-state index is -0.402. The molecule has 21 heavy (non-hydrogen) atoms. The largest absolute Gasteiger partial charge is 0.465 e. The van der Waals surface area contributed by atoms with Crippen LogP contribution in [0.2, 0.25) is 5.02 Å². The molecule has 0 spiro atoms. The van der Waals surface area contributed by atoms with Crippen LogP contribution in [-0.2, 0) is 4.74 Å². The highest BCUT2D eigenvalue weighted by molar-refractivity contribution is 7.80. The van der Waals surface area contributed by atoms with Crippen LogP contribution < -0.4 is 10.6 Å². The van der Waals surface area contributed by atoms with Gasteiger partial charge in [0.15, 0.2) is 5.11 Å². The molecular formula is C15H19ClN2O2S. The topological polar surface area (TPSA) is 50.4 Å². The first-order valence-electron chi connectivity index (χ1n) is 7.05. The van der Waals surface area contributed by atoms with Crippen molar-refractivity contribution in [2.24, 2.45) is 0 Å². The van der Waals surface area contributed by atoms with E-state index < -0.39 is 5.97 Å². The number of nitrogens with one attached hydrogen (secondary N) is 2. The van der Waals surface area contributed by atoms with Crippen LogP contribution in [0.1, 0.15) is 42.5 Å². The molecule has 1 aliphatic rings. The molecule has 0 amide bonds. The highest BCUT2D eigenvalue weighted by Crippen LogP contribution is 2.24. The van der Waals surface area contributed by atoms with Crippen LogP contribution in [0, 0.1) is 0 Å². The zero-order chi connectivity index (χ0) is 15.2. The Morgan fingerprint density at radius 2 is 2.05 bits per heavy atom. The molecule has 4 nitrogen and oxygen atoms in total. The second-order valence-electron chi connectivity index (χ2n) is 5.12. The fraction of sp³-hybridized carbons (Fsp3) is 0.467. The summed E-state index contributed by atoms with van der Waals surface area (Å²) in [5, 5.41) is 7.40. The van der Waals surface area contributed by atoms with E-state index in [1.165, 1.54) is 26.4 Å². The van der Waals surface area contributed by atoms with Crippen LogP contribution in [0.25, 0.3) is 0 Å². The lowest BCUT2D eigenvalue weighted by atomic mass is 9.96. The Morgan fingerprint density at radius 3 is 2.71 bits per heavy atom. The molecular weight excluding hydrogens is 308 g/mol. The summed E-state index contributed by atoms with van der Waals surface area (Å²) in [6.07, 6.45) is 6.04. The van der Waals surface area contributed by atoms with Gasteiger partial charge in [-0.1, -0.05) is 30.9 Å². The molecule has 0 aliphatic heterocycles. The van der Waals surface area contributed by atoms with E-state index in [1.54, 1.807) is 18.2 Å². The second kappa shape index (κ2) is 7.61. The summed E-state index contributed by atoms with van der Waals surface area (Å²) in [6, 6.07) is 5.33. The maximum absolute atomic E-state index is 11.5. The zero-order valence-electron chi connectivity index (χ0n) is 11.9. The number of ether oxygens (including phenoxy) is 1. The number of rotatable bonds is 3. The number of halogens is 1. The van der Waals surface area contributed by atoms with Gasteiger partial charge in [-0.15, -0.1) is 0 Å². The van der Waals surface area contributed by atoms with Crippen LogP contribution in [0.15, 0.2) is 18.2 Å². The molecule has 0 saturated heterocycles. The first-order chi connectivity index (χ1) is 10.1. The van der Waals surface area contributed by atoms with Crippen molar-refractivity contribution in [3.05, 3.63) is 28.8 Å². The maximum Gasteiger partial charge on any atom is 0.337 e. The lowest BCUT2D eigenvalue weighted by Gasteiger charge is -2.24. The van der Waals surface area contributed by atoms with Gasteiger partial charge in [-0.2, -0.15) is 0 Å². The monoisotopic (exact) mass is 326 g/mol. The standard InChI is InChI=1S/C15H19ClN2O2S/c1-20-14(19)10-7-8-12(16)13(9-10)18-15(21)17-11-5-3-2-4-6-11/h7-9,11H,2-6H2,1H3,(H2,17,18,21). The normalized spacial score (nSPS) is 15.3. The lowest BCUT2D eigenvalue weighted by molar-refractivity contribution is 0.0601. The van der Waals surface area contributed by atoms with Gasteiger partial charge in [0.1, 0.15) is 0 Å². The van der Waals surface area contributed by atoms with Crippen molar-refractivity contribution in [1.82, 2.24) is 5.32 Å². The highest BCUT2D eigenvalue weighted by atomic mass is 35.5. The average molecular weight is 327 g/mol. The first kappa shape index (κ1) is 16.0. The Morgan fingerprint density at radius 1 is 1.33 bits per heavy atom. The molecule has 2 rings (SSSR count). The molecule has 0 radical (unpaired) electrons. The minimum absolute atomic E-state index is 0.402. The highest BCUT2D eigenvalue weighted by Gasteiger charge is 2.15. The molecule has 2 N–H and O–H groups in total. The molecule has 0 bridgehead atoms. The van der Waals surface area contributed by atoms with Crippen molar-refractivity contribution in [3.63, 3.8) is 0 Å². The van der Waals surface area contributed by atoms with E-state index >= 15 is 0 Å². The fourth-order valence-corrected chi connectivity index (χ4v) is 2.90. The number of benzene rings is 1. The van der Waals surface area contributed by atoms with Crippen molar-refractivity contribution < 1.29 is 9.53 Å². The summed E-state index contributed by atoms with van der Waals surface area (Å²) in [7, 11) is 1.35. The molecule has 1 aromatic rings. The third-order valence-electron chi connectivity index (χ3n) is 3.58.